The molecule has 0 rings (SSSR count). The molecule has 0 heterocycles. The quantitative estimate of drug-likeness (QED) is 0.109. The van der Waals surface area contributed by atoms with E-state index in [1.54, 1.807) is 0 Å². The molecule has 168 valence electrons. The number of alkyl halides is 1. The van der Waals surface area contributed by atoms with E-state index in [2.05, 4.69) is 43.6 Å². The molecule has 0 N–H and O–H groups in total. The summed E-state index contributed by atoms with van der Waals surface area (Å²) >= 11 is 3.47. The summed E-state index contributed by atoms with van der Waals surface area (Å²) in [4.78, 5) is 12.1. The normalized spacial score (nSPS) is 11.8. The van der Waals surface area contributed by atoms with Crippen molar-refractivity contribution >= 4 is 22.1 Å². The molecule has 4 heteroatoms. The number of rotatable bonds is 19. The van der Waals surface area contributed by atoms with Crippen molar-refractivity contribution in [3.8, 4) is 0 Å². The highest BCUT2D eigenvalue weighted by Crippen LogP contribution is 2.25. The number of ether oxygens (including phenoxy) is 2. The van der Waals surface area contributed by atoms with Gasteiger partial charge in [-0.3, -0.25) is 0 Å². The molecule has 0 aromatic carbocycles. The van der Waals surface area contributed by atoms with Crippen molar-refractivity contribution in [2.24, 2.45) is 11.3 Å². The van der Waals surface area contributed by atoms with Gasteiger partial charge in [-0.1, -0.05) is 108 Å². The van der Waals surface area contributed by atoms with Crippen molar-refractivity contribution < 1.29 is 14.3 Å². The topological polar surface area (TPSA) is 35.5 Å². The van der Waals surface area contributed by atoms with Crippen LogP contribution in [0.25, 0.3) is 0 Å². The van der Waals surface area contributed by atoms with E-state index in [0.717, 1.165) is 11.8 Å². The molecular weight excluding hydrogens is 416 g/mol. The Morgan fingerprint density at radius 2 is 1.39 bits per heavy atom. The third-order valence-corrected chi connectivity index (χ3v) is 6.00. The Morgan fingerprint density at radius 1 is 0.821 bits per heavy atom. The van der Waals surface area contributed by atoms with Crippen LogP contribution in [-0.2, 0) is 9.47 Å². The Bertz CT molecular complexity index is 346. The Balaban J connectivity index is 4.13. The second kappa shape index (κ2) is 18.8. The summed E-state index contributed by atoms with van der Waals surface area (Å²) in [5.41, 5.74) is 0.0189. The van der Waals surface area contributed by atoms with Crippen molar-refractivity contribution in [1.82, 2.24) is 0 Å². The molecule has 0 atom stereocenters. The Labute approximate surface area is 183 Å². The van der Waals surface area contributed by atoms with Crippen molar-refractivity contribution in [3.63, 3.8) is 0 Å². The molecule has 0 saturated heterocycles. The zero-order valence-electron chi connectivity index (χ0n) is 19.2. The van der Waals surface area contributed by atoms with E-state index in [-0.39, 0.29) is 5.41 Å². The molecule has 0 amide bonds. The second-order valence-electron chi connectivity index (χ2n) is 9.08. The molecule has 0 aromatic rings. The Morgan fingerprint density at radius 3 is 1.93 bits per heavy atom. The maximum absolute atomic E-state index is 12.1. The minimum absolute atomic E-state index is 0.0189. The van der Waals surface area contributed by atoms with Gasteiger partial charge >= 0.3 is 6.16 Å². The lowest BCUT2D eigenvalue weighted by Crippen LogP contribution is -2.23. The summed E-state index contributed by atoms with van der Waals surface area (Å²) < 4.78 is 10.9. The van der Waals surface area contributed by atoms with Gasteiger partial charge in [-0.2, -0.15) is 0 Å². The van der Waals surface area contributed by atoms with Crippen LogP contribution in [0.15, 0.2) is 0 Å². The van der Waals surface area contributed by atoms with Crippen LogP contribution in [0.5, 0.6) is 0 Å². The van der Waals surface area contributed by atoms with Gasteiger partial charge in [0, 0.05) is 5.33 Å². The SMILES string of the molecule is CCCCCCC(CCCCCC)COC(=O)OCC(C)(C)CCCCCBr. The van der Waals surface area contributed by atoms with Gasteiger partial charge in [0.25, 0.3) is 0 Å². The molecule has 0 saturated carbocycles. The van der Waals surface area contributed by atoms with E-state index in [1.807, 2.05) is 0 Å². The maximum atomic E-state index is 12.1. The molecule has 28 heavy (non-hydrogen) atoms. The van der Waals surface area contributed by atoms with Crippen LogP contribution in [0.3, 0.4) is 0 Å². The minimum atomic E-state index is -0.486. The minimum Gasteiger partial charge on any atom is -0.434 e. The first-order valence-electron chi connectivity index (χ1n) is 11.8. The van der Waals surface area contributed by atoms with E-state index in [0.29, 0.717) is 19.1 Å². The fourth-order valence-corrected chi connectivity index (χ4v) is 3.86. The van der Waals surface area contributed by atoms with Crippen LogP contribution in [0, 0.1) is 11.3 Å². The summed E-state index contributed by atoms with van der Waals surface area (Å²) in [6.45, 7) is 9.77. The zero-order chi connectivity index (χ0) is 21.1. The maximum Gasteiger partial charge on any atom is 0.508 e. The lowest BCUT2D eigenvalue weighted by atomic mass is 9.88. The lowest BCUT2D eigenvalue weighted by Gasteiger charge is -2.24. The van der Waals surface area contributed by atoms with Crippen LogP contribution in [0.4, 0.5) is 4.79 Å². The van der Waals surface area contributed by atoms with Crippen molar-refractivity contribution in [3.05, 3.63) is 0 Å². The van der Waals surface area contributed by atoms with Crippen LogP contribution in [0.2, 0.25) is 0 Å². The number of unbranched alkanes of at least 4 members (excludes halogenated alkanes) is 8. The fraction of sp³-hybridized carbons (Fsp3) is 0.958. The van der Waals surface area contributed by atoms with Crippen LogP contribution in [0.1, 0.15) is 118 Å². The zero-order valence-corrected chi connectivity index (χ0v) is 20.8. The average Bonchev–Trinajstić information content (AvgIpc) is 2.67. The van der Waals surface area contributed by atoms with Crippen molar-refractivity contribution in [1.29, 1.82) is 0 Å². The first-order chi connectivity index (χ1) is 13.4. The van der Waals surface area contributed by atoms with E-state index in [9.17, 15) is 4.79 Å². The Kier molecular flexibility index (Phi) is 18.6. The highest BCUT2D eigenvalue weighted by Gasteiger charge is 2.21. The van der Waals surface area contributed by atoms with Gasteiger partial charge in [0.1, 0.15) is 6.61 Å². The third kappa shape index (κ3) is 17.8. The van der Waals surface area contributed by atoms with E-state index >= 15 is 0 Å². The van der Waals surface area contributed by atoms with Gasteiger partial charge < -0.3 is 9.47 Å². The van der Waals surface area contributed by atoms with Gasteiger partial charge in [-0.05, 0) is 37.0 Å². The van der Waals surface area contributed by atoms with Gasteiger partial charge in [-0.15, -0.1) is 0 Å². The summed E-state index contributed by atoms with van der Waals surface area (Å²) in [5.74, 6) is 0.485. The molecule has 3 nitrogen and oxygen atoms in total. The van der Waals surface area contributed by atoms with E-state index in [1.165, 1.54) is 83.5 Å². The fourth-order valence-electron chi connectivity index (χ4n) is 3.46. The molecule has 0 aliphatic carbocycles. The molecule has 0 fully saturated rings. The predicted octanol–water partition coefficient (Wildman–Crippen LogP) is 8.68. The molecule has 0 aliphatic rings. The van der Waals surface area contributed by atoms with Gasteiger partial charge in [-0.25, -0.2) is 4.79 Å². The van der Waals surface area contributed by atoms with Crippen molar-refractivity contribution in [2.45, 2.75) is 118 Å². The summed E-state index contributed by atoms with van der Waals surface area (Å²) in [6.07, 6.45) is 16.7. The number of carbonyl (C=O) groups excluding carboxylic acids is 1. The van der Waals surface area contributed by atoms with Gasteiger partial charge in [0.05, 0.1) is 6.61 Å². The second-order valence-corrected chi connectivity index (χ2v) is 9.87. The highest BCUT2D eigenvalue weighted by molar-refractivity contribution is 9.09. The molecule has 0 aromatic heterocycles. The van der Waals surface area contributed by atoms with Crippen LogP contribution in [-0.4, -0.2) is 24.7 Å². The number of carbonyl (C=O) groups is 1. The standard InChI is InChI=1S/C24H47BrO3/c1-5-7-9-12-16-22(17-13-10-8-6-2)20-27-23(26)28-21-24(3,4)18-14-11-15-19-25/h22H,5-21H2,1-4H3. The van der Waals surface area contributed by atoms with Crippen molar-refractivity contribution in [2.75, 3.05) is 18.5 Å². The van der Waals surface area contributed by atoms with Crippen LogP contribution >= 0.6 is 15.9 Å². The first kappa shape index (κ1) is 27.8. The molecular formula is C24H47BrO3. The predicted molar refractivity (Wildman–Crippen MR) is 124 cm³/mol. The Hall–Kier alpha value is -0.250. The average molecular weight is 464 g/mol. The smallest absolute Gasteiger partial charge is 0.434 e. The third-order valence-electron chi connectivity index (χ3n) is 5.44. The number of hydrogen-bond donors (Lipinski definition) is 0. The van der Waals surface area contributed by atoms with Crippen LogP contribution < -0.4 is 0 Å². The molecule has 0 unspecified atom stereocenters. The van der Waals surface area contributed by atoms with Gasteiger partial charge in [0.2, 0.25) is 0 Å². The highest BCUT2D eigenvalue weighted by atomic mass is 79.9. The molecule has 0 aliphatic heterocycles. The largest absolute Gasteiger partial charge is 0.508 e. The van der Waals surface area contributed by atoms with E-state index < -0.39 is 6.16 Å². The lowest BCUT2D eigenvalue weighted by molar-refractivity contribution is 0.0175. The van der Waals surface area contributed by atoms with Gasteiger partial charge in [0.15, 0.2) is 0 Å². The summed E-state index contributed by atoms with van der Waals surface area (Å²) in [6, 6.07) is 0. The van der Waals surface area contributed by atoms with E-state index in [4.69, 9.17) is 9.47 Å². The molecule has 0 radical (unpaired) electrons. The molecule has 0 spiro atoms. The summed E-state index contributed by atoms with van der Waals surface area (Å²) in [5, 5.41) is 1.06. The first-order valence-corrected chi connectivity index (χ1v) is 12.9. The number of hydrogen-bond acceptors (Lipinski definition) is 3. The summed E-state index contributed by atoms with van der Waals surface area (Å²) in [7, 11) is 0. The molecule has 0 bridgehead atoms. The number of halogens is 1. The monoisotopic (exact) mass is 462 g/mol.